The van der Waals surface area contributed by atoms with E-state index in [4.69, 9.17) is 5.73 Å². The SMILES string of the molecule is Cc1nc(NC(=O)c2n[nH]c3ccc(N)cc23)ccc1Br. The summed E-state index contributed by atoms with van der Waals surface area (Å²) in [6, 6.07) is 8.81. The van der Waals surface area contributed by atoms with Gasteiger partial charge in [0, 0.05) is 15.5 Å². The topological polar surface area (TPSA) is 96.7 Å². The van der Waals surface area contributed by atoms with Gasteiger partial charge in [0.05, 0.1) is 11.2 Å². The highest BCUT2D eigenvalue weighted by Gasteiger charge is 2.15. The Morgan fingerprint density at radius 1 is 1.33 bits per heavy atom. The molecule has 0 saturated carbocycles. The average molecular weight is 346 g/mol. The Hall–Kier alpha value is -2.41. The standard InChI is InChI=1S/C14H12BrN5O/c1-7-10(15)3-5-12(17-7)18-14(21)13-9-6-8(16)2-4-11(9)19-20-13/h2-6H,16H2,1H3,(H,19,20)(H,17,18,21). The highest BCUT2D eigenvalue weighted by atomic mass is 79.9. The van der Waals surface area contributed by atoms with Gasteiger partial charge in [0.1, 0.15) is 5.82 Å². The summed E-state index contributed by atoms with van der Waals surface area (Å²) >= 11 is 3.37. The second-order valence-corrected chi connectivity index (χ2v) is 5.45. The lowest BCUT2D eigenvalue weighted by molar-refractivity contribution is 0.102. The summed E-state index contributed by atoms with van der Waals surface area (Å²) in [5, 5.41) is 10.3. The molecule has 0 radical (unpaired) electrons. The van der Waals surface area contributed by atoms with Crippen molar-refractivity contribution in [1.29, 1.82) is 0 Å². The molecule has 0 atom stereocenters. The number of rotatable bonds is 2. The van der Waals surface area contributed by atoms with Gasteiger partial charge in [-0.15, -0.1) is 0 Å². The number of aryl methyl sites for hydroxylation is 1. The van der Waals surface area contributed by atoms with Crippen LogP contribution in [-0.2, 0) is 0 Å². The van der Waals surface area contributed by atoms with Crippen LogP contribution >= 0.6 is 15.9 Å². The van der Waals surface area contributed by atoms with Crippen LogP contribution in [0.4, 0.5) is 11.5 Å². The molecule has 6 nitrogen and oxygen atoms in total. The number of nitrogen functional groups attached to an aromatic ring is 1. The molecule has 0 unspecified atom stereocenters. The number of nitrogens with zero attached hydrogens (tertiary/aromatic N) is 2. The summed E-state index contributed by atoms with van der Waals surface area (Å²) < 4.78 is 0.887. The van der Waals surface area contributed by atoms with Crippen LogP contribution < -0.4 is 11.1 Å². The molecule has 0 fully saturated rings. The Labute approximate surface area is 128 Å². The summed E-state index contributed by atoms with van der Waals surface area (Å²) in [5.74, 6) is 0.141. The number of halogens is 1. The number of aromatic amines is 1. The number of H-pyrrole nitrogens is 1. The number of pyridine rings is 1. The van der Waals surface area contributed by atoms with E-state index in [-0.39, 0.29) is 5.91 Å². The number of hydrogen-bond acceptors (Lipinski definition) is 4. The normalized spacial score (nSPS) is 10.8. The number of nitrogens with two attached hydrogens (primary N) is 1. The van der Waals surface area contributed by atoms with E-state index >= 15 is 0 Å². The van der Waals surface area contributed by atoms with Gasteiger partial charge in [0.15, 0.2) is 5.69 Å². The number of nitrogens with one attached hydrogen (secondary N) is 2. The molecule has 0 saturated heterocycles. The predicted molar refractivity (Wildman–Crippen MR) is 85.1 cm³/mol. The van der Waals surface area contributed by atoms with Gasteiger partial charge in [-0.3, -0.25) is 9.89 Å². The molecule has 2 aromatic heterocycles. The van der Waals surface area contributed by atoms with Crippen LogP contribution in [0.3, 0.4) is 0 Å². The van der Waals surface area contributed by atoms with Crippen LogP contribution in [0, 0.1) is 6.92 Å². The maximum absolute atomic E-state index is 12.3. The van der Waals surface area contributed by atoms with E-state index < -0.39 is 0 Å². The van der Waals surface area contributed by atoms with Crippen LogP contribution in [0.1, 0.15) is 16.2 Å². The fraction of sp³-hybridized carbons (Fsp3) is 0.0714. The molecule has 2 heterocycles. The zero-order valence-corrected chi connectivity index (χ0v) is 12.7. The maximum Gasteiger partial charge on any atom is 0.277 e. The Morgan fingerprint density at radius 2 is 2.14 bits per heavy atom. The van der Waals surface area contributed by atoms with Crippen molar-refractivity contribution in [2.45, 2.75) is 6.92 Å². The smallest absolute Gasteiger partial charge is 0.277 e. The molecular formula is C14H12BrN5O. The molecule has 1 aromatic carbocycles. The third kappa shape index (κ3) is 2.59. The Bertz CT molecular complexity index is 842. The zero-order chi connectivity index (χ0) is 15.0. The Balaban J connectivity index is 1.93. The van der Waals surface area contributed by atoms with Gasteiger partial charge < -0.3 is 11.1 Å². The molecule has 0 aliphatic carbocycles. The third-order valence-corrected chi connectivity index (χ3v) is 3.90. The number of carbonyl (C=O) groups is 1. The van der Waals surface area contributed by atoms with Crippen LogP contribution in [0.5, 0.6) is 0 Å². The molecule has 0 aliphatic heterocycles. The minimum absolute atomic E-state index is 0.291. The zero-order valence-electron chi connectivity index (χ0n) is 11.1. The first-order valence-electron chi connectivity index (χ1n) is 6.22. The van der Waals surface area contributed by atoms with Crippen LogP contribution in [0.2, 0.25) is 0 Å². The van der Waals surface area contributed by atoms with Gasteiger partial charge in [-0.1, -0.05) is 0 Å². The van der Waals surface area contributed by atoms with Gasteiger partial charge in [0.2, 0.25) is 0 Å². The molecule has 4 N–H and O–H groups in total. The summed E-state index contributed by atoms with van der Waals surface area (Å²) in [6.07, 6.45) is 0. The fourth-order valence-electron chi connectivity index (χ4n) is 1.99. The Morgan fingerprint density at radius 3 is 2.90 bits per heavy atom. The van der Waals surface area contributed by atoms with Crippen LogP contribution in [-0.4, -0.2) is 21.1 Å². The quantitative estimate of drug-likeness (QED) is 0.622. The largest absolute Gasteiger partial charge is 0.399 e. The lowest BCUT2D eigenvalue weighted by atomic mass is 10.2. The predicted octanol–water partition coefficient (Wildman–Crippen LogP) is 2.86. The lowest BCUT2D eigenvalue weighted by Gasteiger charge is -2.05. The number of amides is 1. The third-order valence-electron chi connectivity index (χ3n) is 3.06. The molecule has 106 valence electrons. The van der Waals surface area contributed by atoms with E-state index in [1.165, 1.54) is 0 Å². The van der Waals surface area contributed by atoms with E-state index in [0.29, 0.717) is 22.6 Å². The van der Waals surface area contributed by atoms with Crippen molar-refractivity contribution in [3.63, 3.8) is 0 Å². The molecule has 7 heteroatoms. The monoisotopic (exact) mass is 345 g/mol. The van der Waals surface area contributed by atoms with Gasteiger partial charge in [-0.25, -0.2) is 4.98 Å². The van der Waals surface area contributed by atoms with Crippen molar-refractivity contribution in [2.24, 2.45) is 0 Å². The van der Waals surface area contributed by atoms with E-state index in [2.05, 4.69) is 36.4 Å². The second-order valence-electron chi connectivity index (χ2n) is 4.60. The molecule has 21 heavy (non-hydrogen) atoms. The van der Waals surface area contributed by atoms with Gasteiger partial charge in [0.25, 0.3) is 5.91 Å². The fourth-order valence-corrected chi connectivity index (χ4v) is 2.21. The van der Waals surface area contributed by atoms with Crippen molar-refractivity contribution < 1.29 is 4.79 Å². The molecule has 0 bridgehead atoms. The maximum atomic E-state index is 12.3. The van der Waals surface area contributed by atoms with Crippen LogP contribution in [0.15, 0.2) is 34.8 Å². The van der Waals surface area contributed by atoms with E-state index in [9.17, 15) is 4.79 Å². The van der Waals surface area contributed by atoms with Crippen molar-refractivity contribution in [3.05, 3.63) is 46.2 Å². The highest BCUT2D eigenvalue weighted by molar-refractivity contribution is 9.10. The molecule has 3 aromatic rings. The molecule has 0 spiro atoms. The highest BCUT2D eigenvalue weighted by Crippen LogP contribution is 2.21. The minimum atomic E-state index is -0.332. The van der Waals surface area contributed by atoms with Crippen LogP contribution in [0.25, 0.3) is 10.9 Å². The summed E-state index contributed by atoms with van der Waals surface area (Å²) in [7, 11) is 0. The van der Waals surface area contributed by atoms with E-state index in [1.807, 2.05) is 13.0 Å². The van der Waals surface area contributed by atoms with Gasteiger partial charge >= 0.3 is 0 Å². The first kappa shape index (κ1) is 13.6. The number of fused-ring (bicyclic) bond motifs is 1. The van der Waals surface area contributed by atoms with Crippen molar-refractivity contribution >= 4 is 44.2 Å². The van der Waals surface area contributed by atoms with Gasteiger partial charge in [-0.2, -0.15) is 5.10 Å². The number of aromatic nitrogens is 3. The lowest BCUT2D eigenvalue weighted by Crippen LogP contribution is -2.14. The first-order chi connectivity index (χ1) is 10.0. The van der Waals surface area contributed by atoms with Crippen molar-refractivity contribution in [2.75, 3.05) is 11.1 Å². The van der Waals surface area contributed by atoms with Gasteiger partial charge in [-0.05, 0) is 53.2 Å². The Kier molecular flexibility index (Phi) is 3.34. The summed E-state index contributed by atoms with van der Waals surface area (Å²) in [4.78, 5) is 16.6. The first-order valence-corrected chi connectivity index (χ1v) is 7.02. The second kappa shape index (κ2) is 5.17. The molecule has 0 aliphatic rings. The number of hydrogen-bond donors (Lipinski definition) is 3. The summed E-state index contributed by atoms with van der Waals surface area (Å²) in [5.41, 5.74) is 8.17. The molecule has 3 rings (SSSR count). The average Bonchev–Trinajstić information content (AvgIpc) is 2.86. The van der Waals surface area contributed by atoms with E-state index in [1.54, 1.807) is 24.3 Å². The van der Waals surface area contributed by atoms with Crippen molar-refractivity contribution in [3.8, 4) is 0 Å². The van der Waals surface area contributed by atoms with Crippen molar-refractivity contribution in [1.82, 2.24) is 15.2 Å². The number of carbonyl (C=O) groups excluding carboxylic acids is 1. The number of anilines is 2. The summed E-state index contributed by atoms with van der Waals surface area (Å²) in [6.45, 7) is 1.85. The van der Waals surface area contributed by atoms with E-state index in [0.717, 1.165) is 15.7 Å². The number of benzene rings is 1. The minimum Gasteiger partial charge on any atom is -0.399 e. The molecular weight excluding hydrogens is 334 g/mol. The molecule has 1 amide bonds.